The number of Topliss-reactive ketones (excluding diaryl/α,β-unsaturated/α-hetero) is 1. The van der Waals surface area contributed by atoms with E-state index in [-0.39, 0.29) is 11.9 Å². The van der Waals surface area contributed by atoms with E-state index >= 15 is 0 Å². The Hall–Kier alpha value is -0.870. The van der Waals surface area contributed by atoms with Crippen LogP contribution in [0.15, 0.2) is 22.7 Å². The molecule has 0 amide bonds. The van der Waals surface area contributed by atoms with Gasteiger partial charge in [-0.25, -0.2) is 0 Å². The molecule has 3 nitrogen and oxygen atoms in total. The average molecular weight is 298 g/mol. The third-order valence-corrected chi connectivity index (χ3v) is 3.79. The monoisotopic (exact) mass is 297 g/mol. The van der Waals surface area contributed by atoms with Crippen LogP contribution in [0.2, 0.25) is 0 Å². The van der Waals surface area contributed by atoms with Crippen molar-refractivity contribution < 1.29 is 9.90 Å². The Labute approximate surface area is 110 Å². The lowest BCUT2D eigenvalue weighted by molar-refractivity contribution is 0.101. The largest absolute Gasteiger partial charge is 0.393 e. The molecular formula is C13H16BrNO2. The lowest BCUT2D eigenvalue weighted by Crippen LogP contribution is -2.35. The molecule has 0 saturated carbocycles. The van der Waals surface area contributed by atoms with Crippen LogP contribution < -0.4 is 4.90 Å². The molecule has 1 saturated heterocycles. The van der Waals surface area contributed by atoms with E-state index in [1.54, 1.807) is 6.92 Å². The van der Waals surface area contributed by atoms with Crippen molar-refractivity contribution in [3.05, 3.63) is 28.2 Å². The Bertz CT molecular complexity index is 425. The predicted molar refractivity (Wildman–Crippen MR) is 71.6 cm³/mol. The number of ketones is 1. The first-order valence-corrected chi connectivity index (χ1v) is 6.60. The molecule has 1 heterocycles. The molecule has 1 aliphatic rings. The molecule has 0 aromatic heterocycles. The molecule has 1 aliphatic heterocycles. The zero-order valence-corrected chi connectivity index (χ0v) is 11.4. The van der Waals surface area contributed by atoms with Crippen LogP contribution in [0.3, 0.4) is 0 Å². The van der Waals surface area contributed by atoms with E-state index in [4.69, 9.17) is 0 Å². The highest BCUT2D eigenvalue weighted by atomic mass is 79.9. The van der Waals surface area contributed by atoms with Gasteiger partial charge in [-0.2, -0.15) is 0 Å². The van der Waals surface area contributed by atoms with E-state index in [2.05, 4.69) is 20.8 Å². The fourth-order valence-electron chi connectivity index (χ4n) is 2.09. The second-order valence-corrected chi connectivity index (χ2v) is 5.29. The number of benzene rings is 1. The molecule has 0 bridgehead atoms. The van der Waals surface area contributed by atoms with Crippen molar-refractivity contribution in [1.82, 2.24) is 0 Å². The summed E-state index contributed by atoms with van der Waals surface area (Å²) in [6.07, 6.45) is 1.45. The fraction of sp³-hybridized carbons (Fsp3) is 0.462. The van der Waals surface area contributed by atoms with Crippen molar-refractivity contribution in [1.29, 1.82) is 0 Å². The van der Waals surface area contributed by atoms with Crippen molar-refractivity contribution in [2.24, 2.45) is 0 Å². The minimum Gasteiger partial charge on any atom is -0.393 e. The summed E-state index contributed by atoms with van der Waals surface area (Å²) in [4.78, 5) is 13.5. The summed E-state index contributed by atoms with van der Waals surface area (Å²) in [6.45, 7) is 3.29. The molecule has 2 rings (SSSR count). The number of anilines is 1. The summed E-state index contributed by atoms with van der Waals surface area (Å²) in [5.74, 6) is 0.0753. The van der Waals surface area contributed by atoms with Crippen molar-refractivity contribution in [2.75, 3.05) is 18.0 Å². The first kappa shape index (κ1) is 12.6. The van der Waals surface area contributed by atoms with Gasteiger partial charge >= 0.3 is 0 Å². The smallest absolute Gasteiger partial charge is 0.159 e. The number of carbonyl (C=O) groups excluding carboxylic acids is 1. The lowest BCUT2D eigenvalue weighted by atomic mass is 10.1. The molecule has 1 fully saturated rings. The van der Waals surface area contributed by atoms with Crippen molar-refractivity contribution >= 4 is 27.4 Å². The quantitative estimate of drug-likeness (QED) is 0.853. The van der Waals surface area contributed by atoms with E-state index in [0.717, 1.165) is 41.7 Å². The van der Waals surface area contributed by atoms with Gasteiger partial charge in [0.2, 0.25) is 0 Å². The van der Waals surface area contributed by atoms with E-state index in [0.29, 0.717) is 0 Å². The molecule has 92 valence electrons. The second-order valence-electron chi connectivity index (χ2n) is 4.44. The Morgan fingerprint density at radius 1 is 1.41 bits per heavy atom. The predicted octanol–water partition coefficient (Wildman–Crippen LogP) is 2.61. The molecule has 0 aliphatic carbocycles. The highest BCUT2D eigenvalue weighted by Crippen LogP contribution is 2.29. The number of aliphatic hydroxyl groups excluding tert-OH is 1. The van der Waals surface area contributed by atoms with Crippen molar-refractivity contribution in [3.63, 3.8) is 0 Å². The Morgan fingerprint density at radius 3 is 2.59 bits per heavy atom. The van der Waals surface area contributed by atoms with Crippen LogP contribution in [-0.4, -0.2) is 30.1 Å². The SMILES string of the molecule is CC(=O)c1ccc(N2CCC(O)CC2)c(Br)c1. The molecular weight excluding hydrogens is 282 g/mol. The van der Waals surface area contributed by atoms with Crippen molar-refractivity contribution in [2.45, 2.75) is 25.9 Å². The lowest BCUT2D eigenvalue weighted by Gasteiger charge is -2.32. The molecule has 1 aromatic carbocycles. The van der Waals surface area contributed by atoms with Gasteiger partial charge in [-0.15, -0.1) is 0 Å². The summed E-state index contributed by atoms with van der Waals surface area (Å²) in [7, 11) is 0. The zero-order valence-electron chi connectivity index (χ0n) is 9.82. The van der Waals surface area contributed by atoms with E-state index in [1.165, 1.54) is 0 Å². The number of halogens is 1. The maximum Gasteiger partial charge on any atom is 0.159 e. The van der Waals surface area contributed by atoms with Gasteiger partial charge in [0.25, 0.3) is 0 Å². The number of piperidine rings is 1. The van der Waals surface area contributed by atoms with E-state index in [1.807, 2.05) is 18.2 Å². The third-order valence-electron chi connectivity index (χ3n) is 3.16. The third kappa shape index (κ3) is 2.87. The van der Waals surface area contributed by atoms with Crippen LogP contribution in [0.4, 0.5) is 5.69 Å². The van der Waals surface area contributed by atoms with Gasteiger partial charge in [0.1, 0.15) is 0 Å². The number of hydrogen-bond donors (Lipinski definition) is 1. The van der Waals surface area contributed by atoms with Crippen molar-refractivity contribution in [3.8, 4) is 0 Å². The molecule has 0 atom stereocenters. The average Bonchev–Trinajstić information content (AvgIpc) is 2.30. The Morgan fingerprint density at radius 2 is 2.06 bits per heavy atom. The number of nitrogens with zero attached hydrogens (tertiary/aromatic N) is 1. The standard InChI is InChI=1S/C13H16BrNO2/c1-9(16)10-2-3-13(12(14)8-10)15-6-4-11(17)5-7-15/h2-3,8,11,17H,4-7H2,1H3. The number of rotatable bonds is 2. The number of carbonyl (C=O) groups is 1. The highest BCUT2D eigenvalue weighted by Gasteiger charge is 2.19. The minimum absolute atomic E-state index is 0.0753. The second kappa shape index (κ2) is 5.19. The van der Waals surface area contributed by atoms with Gasteiger partial charge in [-0.05, 0) is 53.9 Å². The molecule has 0 unspecified atom stereocenters. The normalized spacial score (nSPS) is 17.2. The van der Waals surface area contributed by atoms with Gasteiger partial charge in [0.05, 0.1) is 11.8 Å². The van der Waals surface area contributed by atoms with Gasteiger partial charge in [0.15, 0.2) is 5.78 Å². The number of hydrogen-bond acceptors (Lipinski definition) is 3. The van der Waals surface area contributed by atoms with Crippen LogP contribution in [0.5, 0.6) is 0 Å². The molecule has 1 aromatic rings. The summed E-state index contributed by atoms with van der Waals surface area (Å²) < 4.78 is 0.946. The Balaban J connectivity index is 2.19. The minimum atomic E-state index is -0.165. The van der Waals surface area contributed by atoms with Crippen LogP contribution in [0.25, 0.3) is 0 Å². The van der Waals surface area contributed by atoms with E-state index < -0.39 is 0 Å². The van der Waals surface area contributed by atoms with Crippen LogP contribution in [0, 0.1) is 0 Å². The van der Waals surface area contributed by atoms with Crippen LogP contribution >= 0.6 is 15.9 Å². The highest BCUT2D eigenvalue weighted by molar-refractivity contribution is 9.10. The summed E-state index contributed by atoms with van der Waals surface area (Å²) in [5.41, 5.74) is 1.82. The maximum atomic E-state index is 11.3. The maximum absolute atomic E-state index is 11.3. The van der Waals surface area contributed by atoms with E-state index in [9.17, 15) is 9.90 Å². The zero-order chi connectivity index (χ0) is 12.4. The Kier molecular flexibility index (Phi) is 3.84. The summed E-state index contributed by atoms with van der Waals surface area (Å²) >= 11 is 3.51. The van der Waals surface area contributed by atoms with Gasteiger partial charge < -0.3 is 10.0 Å². The van der Waals surface area contributed by atoms with Gasteiger partial charge in [-0.1, -0.05) is 0 Å². The van der Waals surface area contributed by atoms with Crippen LogP contribution in [0.1, 0.15) is 30.1 Å². The first-order chi connectivity index (χ1) is 8.08. The number of aliphatic hydroxyl groups is 1. The first-order valence-electron chi connectivity index (χ1n) is 5.81. The summed E-state index contributed by atoms with van der Waals surface area (Å²) in [6, 6.07) is 5.69. The molecule has 1 N–H and O–H groups in total. The van der Waals surface area contributed by atoms with Crippen LogP contribution in [-0.2, 0) is 0 Å². The molecule has 17 heavy (non-hydrogen) atoms. The van der Waals surface area contributed by atoms with Gasteiger partial charge in [0, 0.05) is 23.1 Å². The molecule has 4 heteroatoms. The fourth-order valence-corrected chi connectivity index (χ4v) is 2.72. The molecule has 0 radical (unpaired) electrons. The topological polar surface area (TPSA) is 40.5 Å². The van der Waals surface area contributed by atoms with Gasteiger partial charge in [-0.3, -0.25) is 4.79 Å². The molecule has 0 spiro atoms. The summed E-state index contributed by atoms with van der Waals surface area (Å²) in [5, 5.41) is 9.48.